The first-order valence-electron chi connectivity index (χ1n) is 11.6. The number of aliphatic carboxylic acids is 1. The topological polar surface area (TPSA) is 165 Å². The number of hydrogen-bond acceptors (Lipinski definition) is 8. The molecule has 1 aliphatic rings. The summed E-state index contributed by atoms with van der Waals surface area (Å²) in [5.74, 6) is -2.23. The minimum absolute atomic E-state index is 0.0371. The molecule has 0 unspecified atom stereocenters. The summed E-state index contributed by atoms with van der Waals surface area (Å²) in [5, 5.41) is 12.2. The Labute approximate surface area is 203 Å². The van der Waals surface area contributed by atoms with Crippen LogP contribution in [0.25, 0.3) is 0 Å². The van der Waals surface area contributed by atoms with Crippen LogP contribution in [0.5, 0.6) is 0 Å². The second kappa shape index (κ2) is 12.0. The number of aliphatic imine (C=N–C) groups is 1. The van der Waals surface area contributed by atoms with Crippen LogP contribution in [0.3, 0.4) is 0 Å². The maximum absolute atomic E-state index is 12.6. The van der Waals surface area contributed by atoms with E-state index in [2.05, 4.69) is 20.3 Å². The van der Waals surface area contributed by atoms with E-state index >= 15 is 0 Å². The molecule has 1 atom stereocenters. The Balaban J connectivity index is 1.55. The number of rotatable bonds is 12. The average Bonchev–Trinajstić information content (AvgIpc) is 2.84. The summed E-state index contributed by atoms with van der Waals surface area (Å²) in [6.45, 7) is 2.48. The zero-order valence-electron chi connectivity index (χ0n) is 19.6. The van der Waals surface area contributed by atoms with E-state index in [-0.39, 0.29) is 60.5 Å². The Hall–Kier alpha value is -3.95. The summed E-state index contributed by atoms with van der Waals surface area (Å²) in [4.78, 5) is 60.7. The third-order valence-electron chi connectivity index (χ3n) is 5.68. The Kier molecular flexibility index (Phi) is 8.77. The van der Waals surface area contributed by atoms with E-state index in [1.807, 2.05) is 19.1 Å². The van der Waals surface area contributed by atoms with Gasteiger partial charge in [0.1, 0.15) is 5.84 Å². The molecule has 1 aromatic heterocycles. The number of fused-ring (bicyclic) bond motifs is 1. The van der Waals surface area contributed by atoms with Crippen LogP contribution < -0.4 is 11.1 Å². The number of ketones is 2. The first-order valence-corrected chi connectivity index (χ1v) is 11.6. The number of carboxylic acid groups (broad SMARTS) is 1. The summed E-state index contributed by atoms with van der Waals surface area (Å²) >= 11 is 0. The van der Waals surface area contributed by atoms with E-state index in [1.165, 1.54) is 0 Å². The van der Waals surface area contributed by atoms with Crippen LogP contribution in [0.4, 0.5) is 5.82 Å². The van der Waals surface area contributed by atoms with E-state index in [1.54, 1.807) is 18.3 Å². The molecule has 35 heavy (non-hydrogen) atoms. The highest BCUT2D eigenvalue weighted by molar-refractivity contribution is 6.13. The molecule has 10 nitrogen and oxygen atoms in total. The van der Waals surface area contributed by atoms with Gasteiger partial charge < -0.3 is 16.2 Å². The normalized spacial score (nSPS) is 13.5. The predicted molar refractivity (Wildman–Crippen MR) is 129 cm³/mol. The van der Waals surface area contributed by atoms with Crippen LogP contribution >= 0.6 is 0 Å². The van der Waals surface area contributed by atoms with Crippen LogP contribution in [0.15, 0.2) is 35.5 Å². The van der Waals surface area contributed by atoms with Crippen molar-refractivity contribution in [2.24, 2.45) is 16.6 Å². The summed E-state index contributed by atoms with van der Waals surface area (Å²) in [6, 6.07) is 6.96. The SMILES string of the molecule is CCCNC(=O)CC[C@@H](CC(=O)c1ccc(CCc2cnc3c(n2)C(=O)CC(N)=N3)cc1)C(=O)O. The van der Waals surface area contributed by atoms with Gasteiger partial charge in [-0.3, -0.25) is 19.2 Å². The molecule has 1 amide bonds. The highest BCUT2D eigenvalue weighted by Crippen LogP contribution is 2.21. The molecule has 0 spiro atoms. The van der Waals surface area contributed by atoms with E-state index in [0.717, 1.165) is 12.0 Å². The first-order chi connectivity index (χ1) is 16.8. The third-order valence-corrected chi connectivity index (χ3v) is 5.68. The molecular formula is C25H29N5O5. The molecule has 0 aliphatic carbocycles. The van der Waals surface area contributed by atoms with Gasteiger partial charge in [0.15, 0.2) is 23.1 Å². The van der Waals surface area contributed by atoms with Crippen LogP contribution in [0.1, 0.15) is 71.1 Å². The van der Waals surface area contributed by atoms with Crippen molar-refractivity contribution in [3.05, 3.63) is 53.0 Å². The highest BCUT2D eigenvalue weighted by Gasteiger charge is 2.23. The lowest BCUT2D eigenvalue weighted by Gasteiger charge is -2.12. The number of Topliss-reactive ketones (excluding diaryl/α,β-unsaturated/α-hetero) is 2. The fourth-order valence-electron chi connectivity index (χ4n) is 3.67. The molecule has 0 bridgehead atoms. The molecule has 10 heteroatoms. The molecule has 1 aromatic carbocycles. The molecule has 1 aliphatic heterocycles. The lowest BCUT2D eigenvalue weighted by atomic mass is 9.93. The van der Waals surface area contributed by atoms with Crippen molar-refractivity contribution in [1.82, 2.24) is 15.3 Å². The van der Waals surface area contributed by atoms with Crippen LogP contribution in [-0.4, -0.2) is 50.9 Å². The molecule has 0 saturated carbocycles. The first kappa shape index (κ1) is 25.7. The fraction of sp³-hybridized carbons (Fsp3) is 0.400. The lowest BCUT2D eigenvalue weighted by molar-refractivity contribution is -0.142. The summed E-state index contributed by atoms with van der Waals surface area (Å²) in [6.07, 6.45) is 3.58. The minimum Gasteiger partial charge on any atom is -0.481 e. The number of carboxylic acids is 1. The van der Waals surface area contributed by atoms with E-state index in [9.17, 15) is 24.3 Å². The van der Waals surface area contributed by atoms with Gasteiger partial charge in [-0.1, -0.05) is 31.2 Å². The van der Waals surface area contributed by atoms with E-state index in [4.69, 9.17) is 5.73 Å². The van der Waals surface area contributed by atoms with Gasteiger partial charge in [-0.05, 0) is 31.2 Å². The van der Waals surface area contributed by atoms with Crippen LogP contribution in [0, 0.1) is 5.92 Å². The number of amides is 1. The van der Waals surface area contributed by atoms with Gasteiger partial charge in [0.05, 0.1) is 24.2 Å². The summed E-state index contributed by atoms with van der Waals surface area (Å²) < 4.78 is 0. The Bertz CT molecular complexity index is 1140. The zero-order chi connectivity index (χ0) is 25.4. The number of carbonyl (C=O) groups is 4. The fourth-order valence-corrected chi connectivity index (χ4v) is 3.67. The van der Waals surface area contributed by atoms with Crippen molar-refractivity contribution in [2.75, 3.05) is 6.54 Å². The van der Waals surface area contributed by atoms with Gasteiger partial charge in [-0.2, -0.15) is 0 Å². The van der Waals surface area contributed by atoms with Gasteiger partial charge in [0.25, 0.3) is 0 Å². The Morgan fingerprint density at radius 2 is 1.91 bits per heavy atom. The maximum Gasteiger partial charge on any atom is 0.306 e. The molecule has 2 heterocycles. The standard InChI is InChI=1S/C25H29N5O5/c1-2-11-27-22(33)10-8-17(25(34)35)12-19(31)16-6-3-15(4-7-16)5-9-18-14-28-24-23(29-18)20(32)13-21(26)30-24/h3-4,6-7,14,17H,2,5,8-13H2,1H3,(H,27,33)(H,34,35)(H2,26,28,30)/t17-/m0/s1. The largest absolute Gasteiger partial charge is 0.481 e. The number of aryl methyl sites for hydroxylation is 2. The number of nitrogens with zero attached hydrogens (tertiary/aromatic N) is 3. The quantitative estimate of drug-likeness (QED) is 0.390. The van der Waals surface area contributed by atoms with Crippen molar-refractivity contribution in [3.63, 3.8) is 0 Å². The van der Waals surface area contributed by atoms with Gasteiger partial charge in [-0.15, -0.1) is 0 Å². The second-order valence-electron chi connectivity index (χ2n) is 8.48. The Morgan fingerprint density at radius 1 is 1.17 bits per heavy atom. The highest BCUT2D eigenvalue weighted by atomic mass is 16.4. The van der Waals surface area contributed by atoms with E-state index in [0.29, 0.717) is 30.6 Å². The zero-order valence-corrected chi connectivity index (χ0v) is 19.6. The van der Waals surface area contributed by atoms with Crippen molar-refractivity contribution >= 4 is 35.1 Å². The number of benzene rings is 1. The molecule has 0 fully saturated rings. The average molecular weight is 480 g/mol. The summed E-state index contributed by atoms with van der Waals surface area (Å²) in [7, 11) is 0. The van der Waals surface area contributed by atoms with Crippen molar-refractivity contribution in [3.8, 4) is 0 Å². The lowest BCUT2D eigenvalue weighted by Crippen LogP contribution is -2.26. The molecule has 0 saturated heterocycles. The number of nitrogens with two attached hydrogens (primary N) is 1. The van der Waals surface area contributed by atoms with Crippen LogP contribution in [0.2, 0.25) is 0 Å². The monoisotopic (exact) mass is 479 g/mol. The van der Waals surface area contributed by atoms with Gasteiger partial charge >= 0.3 is 5.97 Å². The second-order valence-corrected chi connectivity index (χ2v) is 8.48. The molecule has 4 N–H and O–H groups in total. The van der Waals surface area contributed by atoms with Crippen LogP contribution in [-0.2, 0) is 22.4 Å². The van der Waals surface area contributed by atoms with Gasteiger partial charge in [-0.25, -0.2) is 15.0 Å². The number of hydrogen-bond donors (Lipinski definition) is 3. The smallest absolute Gasteiger partial charge is 0.306 e. The molecule has 3 rings (SSSR count). The summed E-state index contributed by atoms with van der Waals surface area (Å²) in [5.41, 5.74) is 7.88. The molecule has 0 radical (unpaired) electrons. The minimum atomic E-state index is -1.09. The third kappa shape index (κ3) is 7.26. The van der Waals surface area contributed by atoms with Crippen molar-refractivity contribution in [2.45, 2.75) is 51.9 Å². The van der Waals surface area contributed by atoms with Crippen molar-refractivity contribution in [1.29, 1.82) is 0 Å². The van der Waals surface area contributed by atoms with Gasteiger partial charge in [0.2, 0.25) is 5.91 Å². The van der Waals surface area contributed by atoms with E-state index < -0.39 is 11.9 Å². The van der Waals surface area contributed by atoms with Crippen molar-refractivity contribution < 1.29 is 24.3 Å². The number of nitrogens with one attached hydrogen (secondary N) is 1. The number of amidine groups is 1. The Morgan fingerprint density at radius 3 is 2.60 bits per heavy atom. The molecule has 184 valence electrons. The molecular weight excluding hydrogens is 450 g/mol. The maximum atomic E-state index is 12.6. The number of carbonyl (C=O) groups excluding carboxylic acids is 3. The predicted octanol–water partition coefficient (Wildman–Crippen LogP) is 2.42. The number of aromatic nitrogens is 2. The molecule has 2 aromatic rings. The van der Waals surface area contributed by atoms with Gasteiger partial charge in [0, 0.05) is 24.9 Å².